The molecule has 0 atom stereocenters. The number of nitrogens with zero attached hydrogens (tertiary/aromatic N) is 3. The molecule has 0 amide bonds. The quantitative estimate of drug-likeness (QED) is 0.540. The van der Waals surface area contributed by atoms with Crippen molar-refractivity contribution in [3.8, 4) is 6.07 Å². The second-order valence-corrected chi connectivity index (χ2v) is 3.08. The molecular formula is C7H5N3S. The van der Waals surface area contributed by atoms with E-state index in [4.69, 9.17) is 5.26 Å². The number of hydrogen-bond acceptors (Lipinski definition) is 4. The van der Waals surface area contributed by atoms with Gasteiger partial charge in [-0.1, -0.05) is 11.8 Å². The summed E-state index contributed by atoms with van der Waals surface area (Å²) < 4.78 is 0. The highest BCUT2D eigenvalue weighted by Crippen LogP contribution is 2.23. The molecule has 54 valence electrons. The van der Waals surface area contributed by atoms with Gasteiger partial charge in [-0.2, -0.15) is 5.26 Å². The first-order valence-corrected chi connectivity index (χ1v) is 4.05. The van der Waals surface area contributed by atoms with Crippen molar-refractivity contribution in [3.05, 3.63) is 23.4 Å². The maximum Gasteiger partial charge on any atom is 0.172 e. The van der Waals surface area contributed by atoms with E-state index in [0.29, 0.717) is 12.1 Å². The first kappa shape index (κ1) is 6.50. The topological polar surface area (TPSA) is 39.4 Å². The van der Waals surface area contributed by atoms with Crippen LogP contribution in [0.25, 0.3) is 0 Å². The molecule has 2 rings (SSSR count). The molecule has 2 aliphatic rings. The van der Waals surface area contributed by atoms with Gasteiger partial charge in [0.1, 0.15) is 0 Å². The Balaban J connectivity index is 2.28. The summed E-state index contributed by atoms with van der Waals surface area (Å²) in [5.41, 5.74) is 0.709. The van der Waals surface area contributed by atoms with E-state index in [0.717, 1.165) is 5.17 Å². The van der Waals surface area contributed by atoms with E-state index in [-0.39, 0.29) is 0 Å². The number of nitriles is 1. The monoisotopic (exact) mass is 163 g/mol. The van der Waals surface area contributed by atoms with Crippen molar-refractivity contribution < 1.29 is 0 Å². The molecular weight excluding hydrogens is 158 g/mol. The summed E-state index contributed by atoms with van der Waals surface area (Å²) in [7, 11) is 0. The molecule has 0 aromatic rings. The molecule has 0 saturated heterocycles. The van der Waals surface area contributed by atoms with Crippen molar-refractivity contribution in [1.82, 2.24) is 4.90 Å². The van der Waals surface area contributed by atoms with Crippen molar-refractivity contribution in [1.29, 1.82) is 5.26 Å². The SMILES string of the molecule is N#CC1=CN=C2SC=CN2C1. The Morgan fingerprint density at radius 3 is 3.45 bits per heavy atom. The van der Waals surface area contributed by atoms with Gasteiger partial charge in [-0.3, -0.25) is 0 Å². The number of aliphatic imine (C=N–C) groups is 1. The highest BCUT2D eigenvalue weighted by atomic mass is 32.2. The number of thioether (sulfide) groups is 1. The van der Waals surface area contributed by atoms with Crippen molar-refractivity contribution in [2.45, 2.75) is 0 Å². The lowest BCUT2D eigenvalue weighted by molar-refractivity contribution is 0.620. The first-order valence-electron chi connectivity index (χ1n) is 3.17. The Hall–Kier alpha value is -1.21. The average molecular weight is 163 g/mol. The Kier molecular flexibility index (Phi) is 1.44. The summed E-state index contributed by atoms with van der Waals surface area (Å²) in [6, 6.07) is 2.09. The molecule has 0 saturated carbocycles. The molecule has 0 fully saturated rings. The third-order valence-electron chi connectivity index (χ3n) is 1.48. The van der Waals surface area contributed by atoms with Crippen LogP contribution in [0.15, 0.2) is 28.4 Å². The molecule has 0 aromatic heterocycles. The maximum atomic E-state index is 8.57. The maximum absolute atomic E-state index is 8.57. The standard InChI is InChI=1S/C7H5N3S/c8-3-6-4-9-7-10(5-6)1-2-11-7/h1-2,4H,5H2. The number of hydrogen-bond donors (Lipinski definition) is 0. The Morgan fingerprint density at radius 2 is 2.64 bits per heavy atom. The summed E-state index contributed by atoms with van der Waals surface area (Å²) in [6.45, 7) is 0.666. The lowest BCUT2D eigenvalue weighted by Crippen LogP contribution is -2.24. The van der Waals surface area contributed by atoms with E-state index < -0.39 is 0 Å². The molecule has 0 bridgehead atoms. The van der Waals surface area contributed by atoms with Gasteiger partial charge in [0.2, 0.25) is 0 Å². The highest BCUT2D eigenvalue weighted by molar-refractivity contribution is 8.16. The van der Waals surface area contributed by atoms with E-state index in [2.05, 4.69) is 11.1 Å². The van der Waals surface area contributed by atoms with Crippen LogP contribution in [0.4, 0.5) is 0 Å². The van der Waals surface area contributed by atoms with Crippen LogP contribution in [-0.2, 0) is 0 Å². The molecule has 0 spiro atoms. The summed E-state index contributed by atoms with van der Waals surface area (Å²) in [4.78, 5) is 6.06. The molecule has 0 aliphatic carbocycles. The van der Waals surface area contributed by atoms with Gasteiger partial charge < -0.3 is 4.90 Å². The predicted molar refractivity (Wildman–Crippen MR) is 44.6 cm³/mol. The van der Waals surface area contributed by atoms with Gasteiger partial charge in [-0.25, -0.2) is 4.99 Å². The fourth-order valence-electron chi connectivity index (χ4n) is 0.943. The summed E-state index contributed by atoms with van der Waals surface area (Å²) >= 11 is 1.58. The van der Waals surface area contributed by atoms with Gasteiger partial charge in [0, 0.05) is 12.4 Å². The van der Waals surface area contributed by atoms with Crippen molar-refractivity contribution in [3.63, 3.8) is 0 Å². The van der Waals surface area contributed by atoms with Gasteiger partial charge in [-0.15, -0.1) is 0 Å². The molecule has 0 unspecified atom stereocenters. The lowest BCUT2D eigenvalue weighted by atomic mass is 10.3. The average Bonchev–Trinajstić information content (AvgIpc) is 2.50. The molecule has 0 radical (unpaired) electrons. The van der Waals surface area contributed by atoms with Gasteiger partial charge >= 0.3 is 0 Å². The Morgan fingerprint density at radius 1 is 1.73 bits per heavy atom. The normalized spacial score (nSPS) is 20.5. The second kappa shape index (κ2) is 2.44. The number of amidine groups is 1. The van der Waals surface area contributed by atoms with Crippen molar-refractivity contribution in [2.24, 2.45) is 4.99 Å². The van der Waals surface area contributed by atoms with E-state index in [1.807, 2.05) is 16.5 Å². The van der Waals surface area contributed by atoms with Gasteiger partial charge in [0.25, 0.3) is 0 Å². The molecule has 11 heavy (non-hydrogen) atoms. The van der Waals surface area contributed by atoms with Crippen LogP contribution in [0.2, 0.25) is 0 Å². The van der Waals surface area contributed by atoms with Crippen LogP contribution in [0.1, 0.15) is 0 Å². The van der Waals surface area contributed by atoms with E-state index >= 15 is 0 Å². The summed E-state index contributed by atoms with van der Waals surface area (Å²) in [5.74, 6) is 0. The zero-order chi connectivity index (χ0) is 7.68. The van der Waals surface area contributed by atoms with Crippen LogP contribution in [0, 0.1) is 11.3 Å². The lowest BCUT2D eigenvalue weighted by Gasteiger charge is -2.17. The van der Waals surface area contributed by atoms with Crippen LogP contribution in [-0.4, -0.2) is 16.6 Å². The fourth-order valence-corrected chi connectivity index (χ4v) is 1.65. The van der Waals surface area contributed by atoms with Gasteiger partial charge in [0.05, 0.1) is 18.2 Å². The largest absolute Gasteiger partial charge is 0.322 e. The minimum atomic E-state index is 0.666. The predicted octanol–water partition coefficient (Wildman–Crippen LogP) is 1.28. The molecule has 2 aliphatic heterocycles. The number of fused-ring (bicyclic) bond motifs is 1. The van der Waals surface area contributed by atoms with E-state index in [1.54, 1.807) is 18.0 Å². The zero-order valence-corrected chi connectivity index (χ0v) is 6.51. The number of rotatable bonds is 0. The molecule has 0 N–H and O–H groups in total. The second-order valence-electron chi connectivity index (χ2n) is 2.21. The van der Waals surface area contributed by atoms with Gasteiger partial charge in [-0.05, 0) is 5.41 Å². The Bertz CT molecular complexity index is 308. The van der Waals surface area contributed by atoms with Crippen LogP contribution >= 0.6 is 11.8 Å². The van der Waals surface area contributed by atoms with Crippen LogP contribution < -0.4 is 0 Å². The van der Waals surface area contributed by atoms with Crippen LogP contribution in [0.5, 0.6) is 0 Å². The van der Waals surface area contributed by atoms with Gasteiger partial charge in [0.15, 0.2) is 5.17 Å². The fraction of sp³-hybridized carbons (Fsp3) is 0.143. The summed E-state index contributed by atoms with van der Waals surface area (Å²) in [6.07, 6.45) is 3.57. The highest BCUT2D eigenvalue weighted by Gasteiger charge is 2.18. The third-order valence-corrected chi connectivity index (χ3v) is 2.28. The first-order chi connectivity index (χ1) is 5.40. The van der Waals surface area contributed by atoms with E-state index in [1.165, 1.54) is 0 Å². The minimum absolute atomic E-state index is 0.666. The molecule has 0 aromatic carbocycles. The van der Waals surface area contributed by atoms with Crippen molar-refractivity contribution in [2.75, 3.05) is 6.54 Å². The molecule has 4 heteroatoms. The van der Waals surface area contributed by atoms with Crippen molar-refractivity contribution >= 4 is 16.9 Å². The molecule has 3 nitrogen and oxygen atoms in total. The minimum Gasteiger partial charge on any atom is -0.322 e. The Labute approximate surface area is 68.7 Å². The van der Waals surface area contributed by atoms with E-state index in [9.17, 15) is 0 Å². The molecule has 2 heterocycles. The third kappa shape index (κ3) is 1.03. The smallest absolute Gasteiger partial charge is 0.172 e. The van der Waals surface area contributed by atoms with Crippen LogP contribution in [0.3, 0.4) is 0 Å². The summed E-state index contributed by atoms with van der Waals surface area (Å²) in [5, 5.41) is 11.5. The zero-order valence-electron chi connectivity index (χ0n) is 5.69.